The van der Waals surface area contributed by atoms with E-state index in [1.165, 1.54) is 0 Å². The molecule has 0 radical (unpaired) electrons. The van der Waals surface area contributed by atoms with Crippen LogP contribution < -0.4 is 0 Å². The predicted molar refractivity (Wildman–Crippen MR) is 72.1 cm³/mol. The van der Waals surface area contributed by atoms with Crippen molar-refractivity contribution < 1.29 is 18.3 Å². The van der Waals surface area contributed by atoms with E-state index in [-0.39, 0.29) is 28.6 Å². The van der Waals surface area contributed by atoms with Crippen molar-refractivity contribution in [2.75, 3.05) is 0 Å². The number of halogens is 2. The molecule has 0 saturated heterocycles. The minimum atomic E-state index is -0.958. The maximum Gasteiger partial charge on any atom is 0.310 e. The van der Waals surface area contributed by atoms with Gasteiger partial charge in [0.2, 0.25) is 0 Å². The second kappa shape index (κ2) is 6.93. The number of thiocarbonyl (C=S) groups is 1. The molecule has 0 aliphatic carbocycles. The minimum absolute atomic E-state index is 0.0810. The minimum Gasteiger partial charge on any atom is -0.463 e. The number of hydrogen-bond acceptors (Lipinski definition) is 3. The molecule has 0 spiro atoms. The highest BCUT2D eigenvalue weighted by Gasteiger charge is 2.16. The maximum atomic E-state index is 13.6. The fraction of sp³-hybridized carbons (Fsp3) is 0.333. The number of ether oxygens (including phenoxy) is 1. The van der Waals surface area contributed by atoms with Crippen LogP contribution in [0.3, 0.4) is 0 Å². The Labute approximate surface area is 119 Å². The molecule has 106 valence electrons. The number of nitrogens with zero attached hydrogens (tertiary/aromatic N) is 3. The number of esters is 1. The number of carbonyl (C=O) groups is 1. The number of carbonyl (C=O) groups excluding carboxylic acids is 1. The summed E-state index contributed by atoms with van der Waals surface area (Å²) in [7, 11) is 0. The van der Waals surface area contributed by atoms with Crippen LogP contribution in [0.2, 0.25) is 0 Å². The Bertz CT molecular complexity index is 599. The number of azide groups is 1. The second-order valence-corrected chi connectivity index (χ2v) is 4.52. The Morgan fingerprint density at radius 3 is 2.65 bits per heavy atom. The zero-order chi connectivity index (χ0) is 15.3. The first-order chi connectivity index (χ1) is 9.35. The smallest absolute Gasteiger partial charge is 0.310 e. The molecule has 0 atom stereocenters. The molecule has 0 bridgehead atoms. The molecule has 0 aliphatic heterocycles. The van der Waals surface area contributed by atoms with Gasteiger partial charge in [0.1, 0.15) is 16.6 Å². The third-order valence-electron chi connectivity index (χ3n) is 2.20. The van der Waals surface area contributed by atoms with E-state index in [4.69, 9.17) is 22.5 Å². The zero-order valence-corrected chi connectivity index (χ0v) is 11.6. The van der Waals surface area contributed by atoms with Crippen LogP contribution in [0.1, 0.15) is 25.0 Å². The summed E-state index contributed by atoms with van der Waals surface area (Å²) in [6, 6.07) is 1.63. The van der Waals surface area contributed by atoms with Crippen molar-refractivity contribution in [3.63, 3.8) is 0 Å². The Balaban J connectivity index is 3.08. The first-order valence-electron chi connectivity index (χ1n) is 5.62. The summed E-state index contributed by atoms with van der Waals surface area (Å²) in [6.45, 7) is 3.31. The van der Waals surface area contributed by atoms with Crippen LogP contribution >= 0.6 is 12.2 Å². The highest BCUT2D eigenvalue weighted by molar-refractivity contribution is 7.80. The molecule has 8 heteroatoms. The normalized spacial score (nSPS) is 10.1. The largest absolute Gasteiger partial charge is 0.463 e. The van der Waals surface area contributed by atoms with E-state index >= 15 is 0 Å². The van der Waals surface area contributed by atoms with Crippen molar-refractivity contribution in [3.05, 3.63) is 45.3 Å². The van der Waals surface area contributed by atoms with Crippen molar-refractivity contribution in [3.8, 4) is 0 Å². The zero-order valence-electron chi connectivity index (χ0n) is 10.8. The molecule has 0 fully saturated rings. The summed E-state index contributed by atoms with van der Waals surface area (Å²) in [5, 5.41) is 3.09. The quantitative estimate of drug-likeness (QED) is 0.281. The van der Waals surface area contributed by atoms with E-state index in [2.05, 4.69) is 10.0 Å². The van der Waals surface area contributed by atoms with Crippen molar-refractivity contribution in [1.29, 1.82) is 0 Å². The van der Waals surface area contributed by atoms with Crippen LogP contribution in [0, 0.1) is 11.6 Å². The lowest BCUT2D eigenvalue weighted by molar-refractivity contribution is -0.146. The standard InChI is InChI=1S/C12H11F2N3O2S/c1-6(2)19-11(18)4-7-3-8(12(20)16-17-15)10(14)5-9(7)13/h3,5-6H,4H2,1-2H3. The molecule has 0 saturated carbocycles. The number of hydrogen-bond donors (Lipinski definition) is 0. The Hall–Kier alpha value is -2.05. The first kappa shape index (κ1) is 16.0. The summed E-state index contributed by atoms with van der Waals surface area (Å²) in [5.41, 5.74) is 7.95. The van der Waals surface area contributed by atoms with Gasteiger partial charge in [-0.25, -0.2) is 8.78 Å². The highest BCUT2D eigenvalue weighted by Crippen LogP contribution is 2.18. The van der Waals surface area contributed by atoms with Gasteiger partial charge in [-0.2, -0.15) is 0 Å². The molecule has 5 nitrogen and oxygen atoms in total. The van der Waals surface area contributed by atoms with E-state index < -0.39 is 17.6 Å². The van der Waals surface area contributed by atoms with Gasteiger partial charge in [0, 0.05) is 16.5 Å². The third-order valence-corrected chi connectivity index (χ3v) is 2.51. The molecule has 0 aliphatic rings. The van der Waals surface area contributed by atoms with Crippen molar-refractivity contribution in [1.82, 2.24) is 0 Å². The van der Waals surface area contributed by atoms with E-state index in [1.807, 2.05) is 0 Å². The van der Waals surface area contributed by atoms with Gasteiger partial charge in [-0.3, -0.25) is 4.79 Å². The number of rotatable bonds is 4. The molecule has 0 N–H and O–H groups in total. The van der Waals surface area contributed by atoms with E-state index in [0.717, 1.165) is 6.07 Å². The SMILES string of the molecule is CC(C)OC(=O)Cc1cc(C(=S)N=[N+]=[N-])c(F)cc1F. The molecule has 1 aromatic rings. The molecule has 0 heterocycles. The van der Waals surface area contributed by atoms with Crippen LogP contribution in [0.5, 0.6) is 0 Å². The fourth-order valence-electron chi connectivity index (χ4n) is 1.45. The molecule has 1 rings (SSSR count). The Morgan fingerprint density at radius 1 is 1.45 bits per heavy atom. The second-order valence-electron chi connectivity index (χ2n) is 4.13. The molecule has 1 aromatic carbocycles. The number of benzene rings is 1. The summed E-state index contributed by atoms with van der Waals surface area (Å²) in [6.07, 6.45) is -0.703. The van der Waals surface area contributed by atoms with Crippen LogP contribution in [-0.4, -0.2) is 17.1 Å². The summed E-state index contributed by atoms with van der Waals surface area (Å²) in [4.78, 5) is 13.5. The van der Waals surface area contributed by atoms with Gasteiger partial charge in [0.05, 0.1) is 12.5 Å². The molecule has 0 unspecified atom stereocenters. The van der Waals surface area contributed by atoms with Gasteiger partial charge in [0.25, 0.3) is 0 Å². The summed E-state index contributed by atoms with van der Waals surface area (Å²) < 4.78 is 32.0. The average Bonchev–Trinajstić information content (AvgIpc) is 2.31. The molecule has 0 aromatic heterocycles. The Morgan fingerprint density at radius 2 is 2.10 bits per heavy atom. The first-order valence-corrected chi connectivity index (χ1v) is 6.02. The van der Waals surface area contributed by atoms with Gasteiger partial charge in [-0.15, -0.1) is 0 Å². The monoisotopic (exact) mass is 299 g/mol. The average molecular weight is 299 g/mol. The van der Waals surface area contributed by atoms with Gasteiger partial charge < -0.3 is 4.74 Å². The summed E-state index contributed by atoms with van der Waals surface area (Å²) >= 11 is 4.69. The Kier molecular flexibility index (Phi) is 5.54. The molecular weight excluding hydrogens is 288 g/mol. The van der Waals surface area contributed by atoms with Crippen LogP contribution in [-0.2, 0) is 16.0 Å². The third kappa shape index (κ3) is 4.25. The van der Waals surface area contributed by atoms with Gasteiger partial charge in [0.15, 0.2) is 0 Å². The van der Waals surface area contributed by atoms with E-state index in [1.54, 1.807) is 13.8 Å². The van der Waals surface area contributed by atoms with E-state index in [0.29, 0.717) is 6.07 Å². The van der Waals surface area contributed by atoms with Gasteiger partial charge in [-0.1, -0.05) is 12.2 Å². The molecule has 0 amide bonds. The lowest BCUT2D eigenvalue weighted by atomic mass is 10.1. The van der Waals surface area contributed by atoms with Gasteiger partial charge in [-0.05, 0) is 36.1 Å². The van der Waals surface area contributed by atoms with E-state index in [9.17, 15) is 13.6 Å². The van der Waals surface area contributed by atoms with Crippen molar-refractivity contribution in [2.45, 2.75) is 26.4 Å². The fourth-order valence-corrected chi connectivity index (χ4v) is 1.64. The van der Waals surface area contributed by atoms with Crippen LogP contribution in [0.4, 0.5) is 8.78 Å². The topological polar surface area (TPSA) is 75.1 Å². The highest BCUT2D eigenvalue weighted by atomic mass is 32.1. The van der Waals surface area contributed by atoms with Crippen molar-refractivity contribution in [2.24, 2.45) is 5.11 Å². The lowest BCUT2D eigenvalue weighted by Crippen LogP contribution is -2.15. The molecule has 20 heavy (non-hydrogen) atoms. The van der Waals surface area contributed by atoms with Crippen LogP contribution in [0.15, 0.2) is 17.2 Å². The lowest BCUT2D eigenvalue weighted by Gasteiger charge is -2.10. The predicted octanol–water partition coefficient (Wildman–Crippen LogP) is 3.44. The van der Waals surface area contributed by atoms with Crippen LogP contribution in [0.25, 0.3) is 10.4 Å². The summed E-state index contributed by atoms with van der Waals surface area (Å²) in [5.74, 6) is -2.50. The van der Waals surface area contributed by atoms with Crippen molar-refractivity contribution >= 4 is 23.2 Å². The maximum absolute atomic E-state index is 13.6. The van der Waals surface area contributed by atoms with Gasteiger partial charge >= 0.3 is 5.97 Å². The molecular formula is C12H11F2N3O2S.